The fourth-order valence-corrected chi connectivity index (χ4v) is 4.40. The summed E-state index contributed by atoms with van der Waals surface area (Å²) in [5.41, 5.74) is 5.80. The molecule has 3 rings (SSSR count). The molecule has 0 spiro atoms. The predicted octanol–water partition coefficient (Wildman–Crippen LogP) is 1.85. The molecule has 3 aromatic rings. The molecule has 0 aliphatic rings. The van der Waals surface area contributed by atoms with Gasteiger partial charge in [0.1, 0.15) is 11.6 Å². The van der Waals surface area contributed by atoms with E-state index in [1.165, 1.54) is 29.9 Å². The van der Waals surface area contributed by atoms with E-state index in [2.05, 4.69) is 5.10 Å². The zero-order chi connectivity index (χ0) is 19.1. The monoisotopic (exact) mass is 379 g/mol. The Hall–Kier alpha value is -2.81. The molecule has 26 heavy (non-hydrogen) atoms. The average Bonchev–Trinajstić information content (AvgIpc) is 2.84. The van der Waals surface area contributed by atoms with Gasteiger partial charge in [-0.3, -0.25) is 9.48 Å². The highest BCUT2D eigenvalue weighted by Gasteiger charge is 2.26. The molecule has 0 fully saturated rings. The number of nitrogens with two attached hydrogens (primary N) is 1. The molecule has 2 N–H and O–H groups in total. The van der Waals surface area contributed by atoms with Crippen LogP contribution in [0.25, 0.3) is 10.9 Å². The molecule has 0 saturated carbocycles. The quantitative estimate of drug-likeness (QED) is 0.732. The SMILES string of the molecule is Cn1nc(S(=O)(=O)Cc2cccc(F)c2)c2c(CC(N)=O)cc(F)cc21. The van der Waals surface area contributed by atoms with E-state index >= 15 is 0 Å². The number of sulfone groups is 1. The van der Waals surface area contributed by atoms with Gasteiger partial charge < -0.3 is 5.73 Å². The van der Waals surface area contributed by atoms with Crippen molar-refractivity contribution in [2.45, 2.75) is 17.2 Å². The van der Waals surface area contributed by atoms with E-state index in [0.717, 1.165) is 18.2 Å². The summed E-state index contributed by atoms with van der Waals surface area (Å²) in [5, 5.41) is 3.85. The van der Waals surface area contributed by atoms with Crippen LogP contribution in [0.5, 0.6) is 0 Å². The van der Waals surface area contributed by atoms with Crippen LogP contribution in [0.2, 0.25) is 0 Å². The molecular formula is C17H15F2N3O3S. The summed E-state index contributed by atoms with van der Waals surface area (Å²) in [6.45, 7) is 0. The Kier molecular flexibility index (Phi) is 4.49. The molecule has 1 heterocycles. The van der Waals surface area contributed by atoms with Crippen molar-refractivity contribution in [3.05, 3.63) is 59.2 Å². The molecular weight excluding hydrogens is 364 g/mol. The van der Waals surface area contributed by atoms with Crippen molar-refractivity contribution in [2.24, 2.45) is 12.8 Å². The number of benzene rings is 2. The van der Waals surface area contributed by atoms with Crippen LogP contribution in [0, 0.1) is 11.6 Å². The molecule has 9 heteroatoms. The first-order valence-electron chi connectivity index (χ1n) is 7.58. The maximum Gasteiger partial charge on any atom is 0.221 e. The second kappa shape index (κ2) is 6.49. The number of carbonyl (C=O) groups is 1. The molecule has 0 atom stereocenters. The summed E-state index contributed by atoms with van der Waals surface area (Å²) in [5.74, 6) is -2.40. The number of halogens is 2. The molecule has 0 bridgehead atoms. The van der Waals surface area contributed by atoms with Crippen LogP contribution in [0.15, 0.2) is 41.4 Å². The van der Waals surface area contributed by atoms with Gasteiger partial charge in [-0.1, -0.05) is 12.1 Å². The zero-order valence-corrected chi connectivity index (χ0v) is 14.6. The van der Waals surface area contributed by atoms with Gasteiger partial charge in [0, 0.05) is 12.4 Å². The minimum absolute atomic E-state index is 0.137. The van der Waals surface area contributed by atoms with Crippen molar-refractivity contribution in [1.29, 1.82) is 0 Å². The summed E-state index contributed by atoms with van der Waals surface area (Å²) >= 11 is 0. The lowest BCUT2D eigenvalue weighted by atomic mass is 10.1. The highest BCUT2D eigenvalue weighted by molar-refractivity contribution is 7.90. The lowest BCUT2D eigenvalue weighted by Gasteiger charge is -2.06. The summed E-state index contributed by atoms with van der Waals surface area (Å²) in [6, 6.07) is 7.41. The standard InChI is InChI=1S/C17H15F2N3O3S/c1-22-14-8-13(19)6-11(7-15(20)23)16(14)17(21-22)26(24,25)9-10-3-2-4-12(18)5-10/h2-6,8H,7,9H2,1H3,(H2,20,23). The van der Waals surface area contributed by atoms with Crippen molar-refractivity contribution in [3.63, 3.8) is 0 Å². The van der Waals surface area contributed by atoms with Crippen molar-refractivity contribution in [2.75, 3.05) is 0 Å². The van der Waals surface area contributed by atoms with Gasteiger partial charge in [-0.05, 0) is 35.4 Å². The number of carbonyl (C=O) groups excluding carboxylic acids is 1. The van der Waals surface area contributed by atoms with Gasteiger partial charge in [0.25, 0.3) is 0 Å². The number of hydrogen-bond donors (Lipinski definition) is 1. The summed E-state index contributed by atoms with van der Waals surface area (Å²) in [6.07, 6.45) is -0.331. The summed E-state index contributed by atoms with van der Waals surface area (Å²) in [4.78, 5) is 11.3. The number of primary amides is 1. The smallest absolute Gasteiger partial charge is 0.221 e. The number of rotatable bonds is 5. The van der Waals surface area contributed by atoms with E-state index in [4.69, 9.17) is 5.73 Å². The van der Waals surface area contributed by atoms with E-state index in [9.17, 15) is 22.0 Å². The molecule has 0 aliphatic carbocycles. The minimum atomic E-state index is -3.98. The largest absolute Gasteiger partial charge is 0.369 e. The fourth-order valence-electron chi connectivity index (χ4n) is 2.85. The number of nitrogens with zero attached hydrogens (tertiary/aromatic N) is 2. The van der Waals surface area contributed by atoms with E-state index in [0.29, 0.717) is 0 Å². The van der Waals surface area contributed by atoms with Gasteiger partial charge in [0.15, 0.2) is 5.03 Å². The first-order chi connectivity index (χ1) is 12.2. The molecule has 1 amide bonds. The second-order valence-corrected chi connectivity index (χ2v) is 7.82. The normalized spacial score (nSPS) is 11.8. The van der Waals surface area contributed by atoms with E-state index in [-0.39, 0.29) is 33.5 Å². The second-order valence-electron chi connectivity index (χ2n) is 5.92. The summed E-state index contributed by atoms with van der Waals surface area (Å²) < 4.78 is 54.1. The van der Waals surface area contributed by atoms with Crippen molar-refractivity contribution >= 4 is 26.6 Å². The highest BCUT2D eigenvalue weighted by atomic mass is 32.2. The lowest BCUT2D eigenvalue weighted by molar-refractivity contribution is -0.117. The average molecular weight is 379 g/mol. The van der Waals surface area contributed by atoms with Gasteiger partial charge in [-0.15, -0.1) is 0 Å². The number of amides is 1. The first-order valence-corrected chi connectivity index (χ1v) is 9.23. The fraction of sp³-hybridized carbons (Fsp3) is 0.176. The third kappa shape index (κ3) is 3.43. The Bertz CT molecular complexity index is 1120. The van der Waals surface area contributed by atoms with Crippen molar-refractivity contribution in [3.8, 4) is 0 Å². The molecule has 0 saturated heterocycles. The molecule has 0 unspecified atom stereocenters. The highest BCUT2D eigenvalue weighted by Crippen LogP contribution is 2.29. The van der Waals surface area contributed by atoms with E-state index in [1.807, 2.05) is 0 Å². The van der Waals surface area contributed by atoms with Gasteiger partial charge in [0.05, 0.1) is 17.7 Å². The van der Waals surface area contributed by atoms with Crippen LogP contribution in [-0.4, -0.2) is 24.1 Å². The minimum Gasteiger partial charge on any atom is -0.369 e. The van der Waals surface area contributed by atoms with Crippen LogP contribution in [-0.2, 0) is 33.9 Å². The van der Waals surface area contributed by atoms with Crippen LogP contribution >= 0.6 is 0 Å². The van der Waals surface area contributed by atoms with Crippen LogP contribution < -0.4 is 5.73 Å². The van der Waals surface area contributed by atoms with Crippen LogP contribution in [0.3, 0.4) is 0 Å². The molecule has 2 aromatic carbocycles. The van der Waals surface area contributed by atoms with Gasteiger partial charge in [-0.25, -0.2) is 17.2 Å². The van der Waals surface area contributed by atoms with Crippen LogP contribution in [0.4, 0.5) is 8.78 Å². The maximum absolute atomic E-state index is 13.8. The maximum atomic E-state index is 13.8. The molecule has 136 valence electrons. The third-order valence-electron chi connectivity index (χ3n) is 3.87. The topological polar surface area (TPSA) is 95.1 Å². The lowest BCUT2D eigenvalue weighted by Crippen LogP contribution is -2.14. The number of hydrogen-bond acceptors (Lipinski definition) is 4. The van der Waals surface area contributed by atoms with E-state index in [1.54, 1.807) is 0 Å². The van der Waals surface area contributed by atoms with Crippen LogP contribution in [0.1, 0.15) is 11.1 Å². The Labute approximate surface area is 148 Å². The Morgan fingerprint density at radius 3 is 2.58 bits per heavy atom. The Morgan fingerprint density at radius 2 is 1.92 bits per heavy atom. The Balaban J connectivity index is 2.19. The Morgan fingerprint density at radius 1 is 1.19 bits per heavy atom. The van der Waals surface area contributed by atoms with Crippen molar-refractivity contribution < 1.29 is 22.0 Å². The third-order valence-corrected chi connectivity index (χ3v) is 5.46. The number of aryl methyl sites for hydroxylation is 1. The number of fused-ring (bicyclic) bond motifs is 1. The number of aromatic nitrogens is 2. The van der Waals surface area contributed by atoms with Gasteiger partial charge in [-0.2, -0.15) is 5.10 Å². The molecule has 0 radical (unpaired) electrons. The van der Waals surface area contributed by atoms with Crippen molar-refractivity contribution in [1.82, 2.24) is 9.78 Å². The molecule has 1 aromatic heterocycles. The molecule has 0 aliphatic heterocycles. The van der Waals surface area contributed by atoms with Gasteiger partial charge in [0.2, 0.25) is 15.7 Å². The zero-order valence-electron chi connectivity index (χ0n) is 13.7. The first kappa shape index (κ1) is 18.0. The molecule has 6 nitrogen and oxygen atoms in total. The summed E-state index contributed by atoms with van der Waals surface area (Å²) in [7, 11) is -2.51. The van der Waals surface area contributed by atoms with E-state index < -0.39 is 33.1 Å². The predicted molar refractivity (Wildman–Crippen MR) is 90.9 cm³/mol. The van der Waals surface area contributed by atoms with Gasteiger partial charge >= 0.3 is 0 Å².